The topological polar surface area (TPSA) is 6.48 Å². The molecule has 0 spiro atoms. The summed E-state index contributed by atoms with van der Waals surface area (Å²) in [6.45, 7) is 9.90. The van der Waals surface area contributed by atoms with Gasteiger partial charge >= 0.3 is 6.18 Å². The fourth-order valence-electron chi connectivity index (χ4n) is 2.70. The van der Waals surface area contributed by atoms with E-state index in [2.05, 4.69) is 39.6 Å². The van der Waals surface area contributed by atoms with Gasteiger partial charge in [0.15, 0.2) is 0 Å². The van der Waals surface area contributed by atoms with Crippen molar-refractivity contribution in [2.24, 2.45) is 0 Å². The predicted molar refractivity (Wildman–Crippen MR) is 85.5 cm³/mol. The first-order valence-electron chi connectivity index (χ1n) is 7.35. The highest BCUT2D eigenvalue weighted by molar-refractivity contribution is 9.10. The normalized spacial score (nSPS) is 18.1. The smallest absolute Gasteiger partial charge is 0.300 e. The van der Waals surface area contributed by atoms with Gasteiger partial charge in [0.2, 0.25) is 0 Å². The van der Waals surface area contributed by atoms with Crippen LogP contribution in [-0.2, 0) is 12.7 Å². The van der Waals surface area contributed by atoms with Crippen LogP contribution < -0.4 is 0 Å². The third-order valence-electron chi connectivity index (χ3n) is 3.75. The van der Waals surface area contributed by atoms with E-state index in [1.165, 1.54) is 5.92 Å². The average Bonchev–Trinajstić information content (AvgIpc) is 2.39. The summed E-state index contributed by atoms with van der Waals surface area (Å²) < 4.78 is 38.3. The van der Waals surface area contributed by atoms with Crippen molar-refractivity contribution in [1.29, 1.82) is 0 Å². The van der Waals surface area contributed by atoms with E-state index in [4.69, 9.17) is 0 Å². The van der Waals surface area contributed by atoms with Crippen LogP contribution in [0, 0.1) is 5.92 Å². The molecule has 0 N–H and O–H groups in total. The number of benzene rings is 1. The van der Waals surface area contributed by atoms with Gasteiger partial charge in [-0.1, -0.05) is 35.8 Å². The number of halogens is 4. The second-order valence-corrected chi connectivity index (χ2v) is 6.93. The molecule has 1 aliphatic rings. The lowest BCUT2D eigenvalue weighted by Gasteiger charge is -2.35. The van der Waals surface area contributed by atoms with Gasteiger partial charge < -0.3 is 4.90 Å². The zero-order valence-corrected chi connectivity index (χ0v) is 14.5. The molecule has 0 bridgehead atoms. The largest absolute Gasteiger partial charge is 0.417 e. The molecule has 1 aromatic carbocycles. The molecule has 0 unspecified atom stereocenters. The quantitative estimate of drug-likeness (QED) is 0.775. The van der Waals surface area contributed by atoms with Crippen LogP contribution in [0.15, 0.2) is 22.7 Å². The standard InChI is InChI=1S/C16H21BrF3N2/c1-12(2)10-21-5-7-22(8-6-21)11-13-3-4-14(15(17)9-13)16(18,19)20/h3-4,9H,5-8,10-11H2,1-2H3. The molecular formula is C16H21BrF3N2. The summed E-state index contributed by atoms with van der Waals surface area (Å²) in [6, 6.07) is 4.31. The second kappa shape index (κ2) is 7.32. The fraction of sp³-hybridized carbons (Fsp3) is 0.562. The van der Waals surface area contributed by atoms with Crippen molar-refractivity contribution in [3.63, 3.8) is 0 Å². The molecule has 123 valence electrons. The fourth-order valence-corrected chi connectivity index (χ4v) is 3.35. The van der Waals surface area contributed by atoms with Crippen LogP contribution >= 0.6 is 15.9 Å². The van der Waals surface area contributed by atoms with Gasteiger partial charge in [0.25, 0.3) is 0 Å². The second-order valence-electron chi connectivity index (χ2n) is 6.07. The van der Waals surface area contributed by atoms with E-state index in [-0.39, 0.29) is 4.47 Å². The van der Waals surface area contributed by atoms with Gasteiger partial charge in [-0.05, 0) is 23.6 Å². The van der Waals surface area contributed by atoms with E-state index in [0.29, 0.717) is 6.54 Å². The van der Waals surface area contributed by atoms with Gasteiger partial charge in [0.1, 0.15) is 0 Å². The molecule has 1 aliphatic heterocycles. The van der Waals surface area contributed by atoms with Gasteiger partial charge in [-0.3, -0.25) is 4.90 Å². The van der Waals surface area contributed by atoms with Crippen LogP contribution in [0.3, 0.4) is 0 Å². The van der Waals surface area contributed by atoms with Crippen LogP contribution in [0.25, 0.3) is 0 Å². The molecule has 0 amide bonds. The number of nitrogens with zero attached hydrogens (tertiary/aromatic N) is 2. The molecule has 1 radical (unpaired) electrons. The minimum absolute atomic E-state index is 0.118. The van der Waals surface area contributed by atoms with Gasteiger partial charge in [0.05, 0.1) is 5.56 Å². The van der Waals surface area contributed by atoms with Crippen molar-refractivity contribution < 1.29 is 13.2 Å². The summed E-state index contributed by atoms with van der Waals surface area (Å²) in [5, 5.41) is 0. The van der Waals surface area contributed by atoms with Crippen LogP contribution in [0.1, 0.15) is 25.0 Å². The maximum atomic E-state index is 12.7. The molecule has 0 aliphatic carbocycles. The number of hydrogen-bond donors (Lipinski definition) is 0. The number of alkyl halides is 3. The maximum Gasteiger partial charge on any atom is 0.417 e. The Labute approximate surface area is 138 Å². The first-order chi connectivity index (χ1) is 10.3. The van der Waals surface area contributed by atoms with Gasteiger partial charge in [0, 0.05) is 43.7 Å². The van der Waals surface area contributed by atoms with E-state index in [1.54, 1.807) is 12.1 Å². The summed E-state index contributed by atoms with van der Waals surface area (Å²) in [7, 11) is 0. The molecule has 0 atom stereocenters. The molecular weight excluding hydrogens is 357 g/mol. The number of hydrogen-bond acceptors (Lipinski definition) is 2. The first-order valence-corrected chi connectivity index (χ1v) is 8.14. The Kier molecular flexibility index (Phi) is 5.91. The molecule has 2 nitrogen and oxygen atoms in total. The molecule has 2 rings (SSSR count). The lowest BCUT2D eigenvalue weighted by Crippen LogP contribution is -2.46. The average molecular weight is 378 g/mol. The van der Waals surface area contributed by atoms with Crippen LogP contribution in [0.2, 0.25) is 0 Å². The van der Waals surface area contributed by atoms with E-state index < -0.39 is 11.7 Å². The maximum absolute atomic E-state index is 12.7. The SMILES string of the molecule is C[C](C)CN1CCN(Cc2ccc(C(F)(F)F)c(Br)c2)CC1. The van der Waals surface area contributed by atoms with E-state index >= 15 is 0 Å². The third-order valence-corrected chi connectivity index (χ3v) is 4.41. The Morgan fingerprint density at radius 3 is 2.18 bits per heavy atom. The van der Waals surface area contributed by atoms with Crippen molar-refractivity contribution in [1.82, 2.24) is 9.80 Å². The van der Waals surface area contributed by atoms with E-state index in [0.717, 1.165) is 44.4 Å². The minimum Gasteiger partial charge on any atom is -0.300 e. The summed E-state index contributed by atoms with van der Waals surface area (Å²) in [6.07, 6.45) is -4.31. The number of rotatable bonds is 4. The Morgan fingerprint density at radius 1 is 1.09 bits per heavy atom. The highest BCUT2D eigenvalue weighted by Crippen LogP contribution is 2.35. The predicted octanol–water partition coefficient (Wildman–Crippen LogP) is 4.20. The molecule has 0 aromatic heterocycles. The van der Waals surface area contributed by atoms with Crippen LogP contribution in [0.4, 0.5) is 13.2 Å². The van der Waals surface area contributed by atoms with Crippen molar-refractivity contribution >= 4 is 15.9 Å². The summed E-state index contributed by atoms with van der Waals surface area (Å²) in [5.41, 5.74) is 0.293. The van der Waals surface area contributed by atoms with Gasteiger partial charge in [-0.15, -0.1) is 0 Å². The van der Waals surface area contributed by atoms with Gasteiger partial charge in [-0.25, -0.2) is 0 Å². The highest BCUT2D eigenvalue weighted by atomic mass is 79.9. The summed E-state index contributed by atoms with van der Waals surface area (Å²) >= 11 is 3.03. The molecule has 22 heavy (non-hydrogen) atoms. The highest BCUT2D eigenvalue weighted by Gasteiger charge is 2.32. The summed E-state index contributed by atoms with van der Waals surface area (Å²) in [4.78, 5) is 4.70. The van der Waals surface area contributed by atoms with Crippen molar-refractivity contribution in [3.8, 4) is 0 Å². The van der Waals surface area contributed by atoms with Crippen molar-refractivity contribution in [2.75, 3.05) is 32.7 Å². The monoisotopic (exact) mass is 377 g/mol. The Hall–Kier alpha value is -0.590. The van der Waals surface area contributed by atoms with Crippen LogP contribution in [0.5, 0.6) is 0 Å². The zero-order valence-electron chi connectivity index (χ0n) is 12.9. The minimum atomic E-state index is -4.31. The lowest BCUT2D eigenvalue weighted by molar-refractivity contribution is -0.138. The first kappa shape index (κ1) is 17.8. The molecule has 1 aromatic rings. The summed E-state index contributed by atoms with van der Waals surface area (Å²) in [5.74, 6) is 1.40. The van der Waals surface area contributed by atoms with Crippen LogP contribution in [-0.4, -0.2) is 42.5 Å². The molecule has 6 heteroatoms. The third kappa shape index (κ3) is 4.96. The van der Waals surface area contributed by atoms with E-state index in [1.807, 2.05) is 0 Å². The Bertz CT molecular complexity index is 495. The van der Waals surface area contributed by atoms with Crippen molar-refractivity contribution in [3.05, 3.63) is 39.7 Å². The lowest BCUT2D eigenvalue weighted by atomic mass is 10.1. The molecule has 0 saturated carbocycles. The molecule has 1 fully saturated rings. The Morgan fingerprint density at radius 2 is 1.68 bits per heavy atom. The zero-order chi connectivity index (χ0) is 16.3. The molecule has 1 heterocycles. The van der Waals surface area contributed by atoms with Crippen molar-refractivity contribution in [2.45, 2.75) is 26.6 Å². The molecule has 1 saturated heterocycles. The number of piperazine rings is 1. The Balaban J connectivity index is 1.91. The van der Waals surface area contributed by atoms with Gasteiger partial charge in [-0.2, -0.15) is 13.2 Å². The van der Waals surface area contributed by atoms with E-state index in [9.17, 15) is 13.2 Å².